The fourth-order valence-corrected chi connectivity index (χ4v) is 2.02. The lowest BCUT2D eigenvalue weighted by Crippen LogP contribution is -2.27. The van der Waals surface area contributed by atoms with Crippen LogP contribution in [-0.4, -0.2) is 40.1 Å². The molecule has 1 aromatic heterocycles. The molecule has 0 atom stereocenters. The van der Waals surface area contributed by atoms with Crippen molar-refractivity contribution in [1.82, 2.24) is 9.78 Å². The number of anilines is 2. The second kappa shape index (κ2) is 8.35. The maximum Gasteiger partial charge on any atom is 0.435 e. The number of nitrogens with one attached hydrogen (secondary N) is 2. The number of carbonyl (C=O) groups is 3. The lowest BCUT2D eigenvalue weighted by molar-refractivity contribution is 0.0514. The van der Waals surface area contributed by atoms with E-state index in [1.807, 2.05) is 6.07 Å². The molecule has 0 aliphatic heterocycles. The van der Waals surface area contributed by atoms with Gasteiger partial charge in [-0.15, -0.1) is 5.10 Å². The van der Waals surface area contributed by atoms with Gasteiger partial charge in [-0.3, -0.25) is 5.32 Å². The van der Waals surface area contributed by atoms with Gasteiger partial charge in [-0.25, -0.2) is 14.4 Å². The highest BCUT2D eigenvalue weighted by Crippen LogP contribution is 2.17. The summed E-state index contributed by atoms with van der Waals surface area (Å²) in [5.41, 5.74) is -0.254. The fourth-order valence-electron chi connectivity index (χ4n) is 2.02. The molecule has 2 N–H and O–H groups in total. The van der Waals surface area contributed by atoms with Gasteiger partial charge in [0, 0.05) is 5.69 Å². The smallest absolute Gasteiger partial charge is 0.435 e. The normalized spacial score (nSPS) is 10.8. The Morgan fingerprint density at radius 1 is 1.11 bits per heavy atom. The number of ether oxygens (including phenoxy) is 2. The summed E-state index contributed by atoms with van der Waals surface area (Å²) in [6.45, 7) is 6.88. The highest BCUT2D eigenvalue weighted by molar-refractivity contribution is 6.04. The number of hydrogen-bond acceptors (Lipinski definition) is 6. The Kier molecular flexibility index (Phi) is 6.17. The van der Waals surface area contributed by atoms with Crippen LogP contribution in [0.3, 0.4) is 0 Å². The molecule has 0 aliphatic carbocycles. The van der Waals surface area contributed by atoms with Crippen LogP contribution in [0.2, 0.25) is 0 Å². The van der Waals surface area contributed by atoms with E-state index in [0.29, 0.717) is 5.69 Å². The standard InChI is InChI=1S/C18H22N4O5/c1-5-26-15(23)13-11-22(17(25)27-18(2,3)4)21-14(13)20-16(24)19-12-9-7-6-8-10-12/h6-11H,5H2,1-4H3,(H2,19,20,21,24). The zero-order chi connectivity index (χ0) is 20.0. The quantitative estimate of drug-likeness (QED) is 0.793. The molecule has 2 rings (SSSR count). The summed E-state index contributed by atoms with van der Waals surface area (Å²) in [5.74, 6) is -0.838. The Bertz CT molecular complexity index is 824. The second-order valence-electron chi connectivity index (χ2n) is 6.48. The van der Waals surface area contributed by atoms with E-state index in [4.69, 9.17) is 9.47 Å². The van der Waals surface area contributed by atoms with Crippen molar-refractivity contribution in [2.45, 2.75) is 33.3 Å². The molecule has 9 heteroatoms. The minimum atomic E-state index is -0.787. The first-order chi connectivity index (χ1) is 12.7. The number of hydrogen-bond donors (Lipinski definition) is 2. The average Bonchev–Trinajstić information content (AvgIpc) is 2.98. The molecule has 144 valence electrons. The predicted molar refractivity (Wildman–Crippen MR) is 98.9 cm³/mol. The monoisotopic (exact) mass is 374 g/mol. The first-order valence-electron chi connectivity index (χ1n) is 8.33. The molecule has 0 unspecified atom stereocenters. The number of rotatable bonds is 4. The molecule has 0 saturated heterocycles. The Morgan fingerprint density at radius 3 is 2.37 bits per heavy atom. The Labute approximate surface area is 156 Å². The lowest BCUT2D eigenvalue weighted by Gasteiger charge is -2.18. The largest absolute Gasteiger partial charge is 0.462 e. The van der Waals surface area contributed by atoms with Gasteiger partial charge >= 0.3 is 18.1 Å². The second-order valence-corrected chi connectivity index (χ2v) is 6.48. The van der Waals surface area contributed by atoms with E-state index < -0.39 is 23.7 Å². The van der Waals surface area contributed by atoms with Crippen LogP contribution in [0.5, 0.6) is 0 Å². The highest BCUT2D eigenvalue weighted by Gasteiger charge is 2.24. The molecule has 0 fully saturated rings. The Balaban J connectivity index is 2.23. The number of esters is 1. The van der Waals surface area contributed by atoms with E-state index >= 15 is 0 Å². The summed E-state index contributed by atoms with van der Waals surface area (Å²) < 4.78 is 11.0. The highest BCUT2D eigenvalue weighted by atomic mass is 16.6. The molecule has 1 aromatic carbocycles. The van der Waals surface area contributed by atoms with Crippen molar-refractivity contribution in [3.8, 4) is 0 Å². The Hall–Kier alpha value is -3.36. The van der Waals surface area contributed by atoms with E-state index in [1.54, 1.807) is 52.0 Å². The van der Waals surface area contributed by atoms with Gasteiger partial charge in [0.25, 0.3) is 0 Å². The van der Waals surface area contributed by atoms with Crippen molar-refractivity contribution in [3.05, 3.63) is 42.1 Å². The van der Waals surface area contributed by atoms with Crippen molar-refractivity contribution < 1.29 is 23.9 Å². The summed E-state index contributed by atoms with van der Waals surface area (Å²) in [6, 6.07) is 8.11. The van der Waals surface area contributed by atoms with Crippen LogP contribution in [0.4, 0.5) is 21.1 Å². The van der Waals surface area contributed by atoms with Crippen LogP contribution in [-0.2, 0) is 9.47 Å². The van der Waals surface area contributed by atoms with Crippen LogP contribution >= 0.6 is 0 Å². The summed E-state index contributed by atoms with van der Waals surface area (Å²) in [4.78, 5) is 36.5. The molecular weight excluding hydrogens is 352 g/mol. The lowest BCUT2D eigenvalue weighted by atomic mass is 10.2. The summed E-state index contributed by atoms with van der Waals surface area (Å²) in [7, 11) is 0. The third kappa shape index (κ3) is 5.84. The predicted octanol–water partition coefficient (Wildman–Crippen LogP) is 3.49. The minimum Gasteiger partial charge on any atom is -0.462 e. The Morgan fingerprint density at radius 2 is 1.78 bits per heavy atom. The van der Waals surface area contributed by atoms with Gasteiger partial charge in [-0.1, -0.05) is 18.2 Å². The molecule has 0 bridgehead atoms. The van der Waals surface area contributed by atoms with Gasteiger partial charge in [-0.2, -0.15) is 4.68 Å². The number of carbonyl (C=O) groups excluding carboxylic acids is 3. The molecular formula is C18H22N4O5. The maximum absolute atomic E-state index is 12.2. The zero-order valence-electron chi connectivity index (χ0n) is 15.6. The molecule has 0 radical (unpaired) electrons. The fraction of sp³-hybridized carbons (Fsp3) is 0.333. The number of aromatic nitrogens is 2. The van der Waals surface area contributed by atoms with Crippen molar-refractivity contribution >= 4 is 29.6 Å². The topological polar surface area (TPSA) is 112 Å². The summed E-state index contributed by atoms with van der Waals surface area (Å²) in [6.07, 6.45) is 0.370. The average molecular weight is 374 g/mol. The number of para-hydroxylation sites is 1. The molecule has 2 aromatic rings. The maximum atomic E-state index is 12.2. The minimum absolute atomic E-state index is 0.0640. The molecule has 0 spiro atoms. The van der Waals surface area contributed by atoms with E-state index in [2.05, 4.69) is 15.7 Å². The van der Waals surface area contributed by atoms with Crippen LogP contribution in [0.1, 0.15) is 38.1 Å². The van der Waals surface area contributed by atoms with Crippen molar-refractivity contribution in [1.29, 1.82) is 0 Å². The first kappa shape index (κ1) is 20.0. The number of urea groups is 1. The van der Waals surface area contributed by atoms with Crippen molar-refractivity contribution in [3.63, 3.8) is 0 Å². The van der Waals surface area contributed by atoms with Gasteiger partial charge in [0.05, 0.1) is 12.8 Å². The van der Waals surface area contributed by atoms with Gasteiger partial charge in [0.2, 0.25) is 0 Å². The van der Waals surface area contributed by atoms with Gasteiger partial charge in [-0.05, 0) is 39.8 Å². The van der Waals surface area contributed by atoms with Crippen LogP contribution in [0, 0.1) is 0 Å². The van der Waals surface area contributed by atoms with Crippen LogP contribution in [0.15, 0.2) is 36.5 Å². The number of benzene rings is 1. The van der Waals surface area contributed by atoms with Gasteiger partial charge in [0.1, 0.15) is 11.2 Å². The molecule has 2 amide bonds. The van der Waals surface area contributed by atoms with Crippen LogP contribution < -0.4 is 10.6 Å². The zero-order valence-corrected chi connectivity index (χ0v) is 15.6. The van der Waals surface area contributed by atoms with E-state index in [9.17, 15) is 14.4 Å². The SMILES string of the molecule is CCOC(=O)c1cn(C(=O)OC(C)(C)C)nc1NC(=O)Nc1ccccc1. The van der Waals surface area contributed by atoms with Crippen molar-refractivity contribution in [2.24, 2.45) is 0 Å². The van der Waals surface area contributed by atoms with Gasteiger partial charge in [0.15, 0.2) is 5.82 Å². The first-order valence-corrected chi connectivity index (χ1v) is 8.33. The van der Waals surface area contributed by atoms with E-state index in [0.717, 1.165) is 10.9 Å². The van der Waals surface area contributed by atoms with Crippen molar-refractivity contribution in [2.75, 3.05) is 17.2 Å². The molecule has 1 heterocycles. The number of nitrogens with zero attached hydrogens (tertiary/aromatic N) is 2. The number of amides is 2. The third-order valence-electron chi connectivity index (χ3n) is 3.05. The molecule has 27 heavy (non-hydrogen) atoms. The molecule has 0 aliphatic rings. The molecule has 0 saturated carbocycles. The third-order valence-corrected chi connectivity index (χ3v) is 3.05. The summed E-state index contributed by atoms with van der Waals surface area (Å²) in [5, 5.41) is 8.99. The van der Waals surface area contributed by atoms with E-state index in [-0.39, 0.29) is 18.0 Å². The van der Waals surface area contributed by atoms with E-state index in [1.165, 1.54) is 0 Å². The molecule has 9 nitrogen and oxygen atoms in total. The van der Waals surface area contributed by atoms with Gasteiger partial charge < -0.3 is 14.8 Å². The van der Waals surface area contributed by atoms with Crippen LogP contribution in [0.25, 0.3) is 0 Å². The summed E-state index contributed by atoms with van der Waals surface area (Å²) >= 11 is 0.